The van der Waals surface area contributed by atoms with Gasteiger partial charge in [0.2, 0.25) is 5.91 Å². The molecular weight excluding hydrogens is 354 g/mol. The van der Waals surface area contributed by atoms with E-state index in [0.29, 0.717) is 17.8 Å². The third-order valence-corrected chi connectivity index (χ3v) is 5.65. The minimum absolute atomic E-state index is 0.0283. The van der Waals surface area contributed by atoms with Crippen LogP contribution in [0, 0.1) is 0 Å². The Balaban J connectivity index is 1.54. The molecule has 0 saturated heterocycles. The maximum atomic E-state index is 12.8. The molecule has 0 bridgehead atoms. The number of benzene rings is 2. The average molecular weight is 379 g/mol. The number of nitrogens with one attached hydrogen (secondary N) is 2. The molecular formula is C22H25N3O3. The number of hydrogen-bond acceptors (Lipinski definition) is 4. The Bertz CT molecular complexity index is 939. The van der Waals surface area contributed by atoms with E-state index in [1.165, 1.54) is 5.56 Å². The van der Waals surface area contributed by atoms with Crippen LogP contribution in [0.25, 0.3) is 0 Å². The van der Waals surface area contributed by atoms with Gasteiger partial charge in [-0.25, -0.2) is 0 Å². The summed E-state index contributed by atoms with van der Waals surface area (Å²) >= 11 is 0. The number of carbonyl (C=O) groups excluding carboxylic acids is 2. The Morgan fingerprint density at radius 3 is 2.54 bits per heavy atom. The SMILES string of the molecule is CNC(=O)CN1CCc2ccc(NC(=O)c3cc4c(cc3O)CCCC4)cc21. The molecule has 0 saturated carbocycles. The van der Waals surface area contributed by atoms with Crippen molar-refractivity contribution < 1.29 is 14.7 Å². The van der Waals surface area contributed by atoms with Gasteiger partial charge in [-0.1, -0.05) is 6.07 Å². The number of likely N-dealkylation sites (N-methyl/N-ethyl adjacent to an activating group) is 1. The number of nitrogens with zero attached hydrogens (tertiary/aromatic N) is 1. The first-order chi connectivity index (χ1) is 13.5. The lowest BCUT2D eigenvalue weighted by Gasteiger charge is -2.19. The summed E-state index contributed by atoms with van der Waals surface area (Å²) in [7, 11) is 1.63. The molecule has 0 aromatic heterocycles. The standard InChI is InChI=1S/C22H25N3O3/c1-23-21(27)13-25-9-8-14-6-7-17(12-19(14)25)24-22(28)18-10-15-4-2-3-5-16(15)11-20(18)26/h6-7,10-12,26H,2-5,8-9,13H2,1H3,(H,23,27)(H,24,28). The van der Waals surface area contributed by atoms with Crippen LogP contribution in [0.15, 0.2) is 30.3 Å². The molecule has 6 nitrogen and oxygen atoms in total. The highest BCUT2D eigenvalue weighted by Crippen LogP contribution is 2.32. The van der Waals surface area contributed by atoms with E-state index >= 15 is 0 Å². The van der Waals surface area contributed by atoms with Crippen LogP contribution in [-0.2, 0) is 24.1 Å². The van der Waals surface area contributed by atoms with Crippen molar-refractivity contribution in [3.8, 4) is 5.75 Å². The topological polar surface area (TPSA) is 81.7 Å². The van der Waals surface area contributed by atoms with Crippen molar-refractivity contribution in [2.45, 2.75) is 32.1 Å². The van der Waals surface area contributed by atoms with Crippen LogP contribution in [0.1, 0.15) is 39.9 Å². The molecule has 2 aliphatic rings. The number of rotatable bonds is 4. The zero-order valence-electron chi connectivity index (χ0n) is 16.0. The Morgan fingerprint density at radius 1 is 1.04 bits per heavy atom. The van der Waals surface area contributed by atoms with Crippen molar-refractivity contribution in [1.82, 2.24) is 5.32 Å². The van der Waals surface area contributed by atoms with E-state index in [1.807, 2.05) is 29.2 Å². The molecule has 1 aliphatic carbocycles. The second kappa shape index (κ2) is 7.54. The number of hydrogen-bond donors (Lipinski definition) is 3. The first-order valence-corrected chi connectivity index (χ1v) is 9.79. The maximum Gasteiger partial charge on any atom is 0.259 e. The highest BCUT2D eigenvalue weighted by Gasteiger charge is 2.22. The summed E-state index contributed by atoms with van der Waals surface area (Å²) in [5, 5.41) is 15.9. The lowest BCUT2D eigenvalue weighted by molar-refractivity contribution is -0.119. The van der Waals surface area contributed by atoms with Gasteiger partial charge in [0.1, 0.15) is 5.75 Å². The van der Waals surface area contributed by atoms with Crippen molar-refractivity contribution in [3.63, 3.8) is 0 Å². The second-order valence-corrected chi connectivity index (χ2v) is 7.49. The summed E-state index contributed by atoms with van der Waals surface area (Å²) in [6.45, 7) is 1.08. The minimum Gasteiger partial charge on any atom is -0.507 e. The van der Waals surface area contributed by atoms with E-state index in [9.17, 15) is 14.7 Å². The molecule has 28 heavy (non-hydrogen) atoms. The molecule has 0 radical (unpaired) electrons. The van der Waals surface area contributed by atoms with Gasteiger partial charge >= 0.3 is 0 Å². The number of phenols is 1. The van der Waals surface area contributed by atoms with E-state index in [0.717, 1.165) is 55.5 Å². The van der Waals surface area contributed by atoms with Crippen molar-refractivity contribution in [3.05, 3.63) is 52.6 Å². The molecule has 2 aromatic rings. The van der Waals surface area contributed by atoms with Crippen LogP contribution >= 0.6 is 0 Å². The summed E-state index contributed by atoms with van der Waals surface area (Å²) in [6, 6.07) is 9.32. The highest BCUT2D eigenvalue weighted by molar-refractivity contribution is 6.06. The third kappa shape index (κ3) is 3.54. The Labute approximate surface area is 164 Å². The van der Waals surface area contributed by atoms with Crippen LogP contribution < -0.4 is 15.5 Å². The molecule has 1 heterocycles. The summed E-state index contributed by atoms with van der Waals surface area (Å²) < 4.78 is 0. The van der Waals surface area contributed by atoms with Crippen LogP contribution in [0.2, 0.25) is 0 Å². The Morgan fingerprint density at radius 2 is 1.79 bits per heavy atom. The van der Waals surface area contributed by atoms with Crippen molar-refractivity contribution in [1.29, 1.82) is 0 Å². The lowest BCUT2D eigenvalue weighted by atomic mass is 9.90. The highest BCUT2D eigenvalue weighted by atomic mass is 16.3. The fraction of sp³-hybridized carbons (Fsp3) is 0.364. The van der Waals surface area contributed by atoms with Gasteiger partial charge in [0, 0.05) is 25.0 Å². The molecule has 6 heteroatoms. The van der Waals surface area contributed by atoms with Crippen molar-refractivity contribution in [2.24, 2.45) is 0 Å². The van der Waals surface area contributed by atoms with Crippen molar-refractivity contribution in [2.75, 3.05) is 30.4 Å². The lowest BCUT2D eigenvalue weighted by Crippen LogP contribution is -2.34. The zero-order valence-corrected chi connectivity index (χ0v) is 16.0. The van der Waals surface area contributed by atoms with Crippen molar-refractivity contribution >= 4 is 23.2 Å². The molecule has 4 rings (SSSR count). The third-order valence-electron chi connectivity index (χ3n) is 5.65. The van der Waals surface area contributed by atoms with Gasteiger partial charge in [0.25, 0.3) is 5.91 Å². The molecule has 2 aromatic carbocycles. The number of aromatic hydroxyl groups is 1. The van der Waals surface area contributed by atoms with Gasteiger partial charge in [-0.05, 0) is 73.1 Å². The first kappa shape index (κ1) is 18.3. The molecule has 0 spiro atoms. The Hall–Kier alpha value is -3.02. The van der Waals surface area contributed by atoms with Gasteiger partial charge in [-0.3, -0.25) is 9.59 Å². The van der Waals surface area contributed by atoms with Gasteiger partial charge in [-0.15, -0.1) is 0 Å². The van der Waals surface area contributed by atoms with Crippen LogP contribution in [-0.4, -0.2) is 37.1 Å². The average Bonchev–Trinajstić information content (AvgIpc) is 3.09. The molecule has 0 fully saturated rings. The van der Waals surface area contributed by atoms with Gasteiger partial charge in [0.05, 0.1) is 12.1 Å². The quantitative estimate of drug-likeness (QED) is 0.763. The predicted octanol–water partition coefficient (Wildman–Crippen LogP) is 2.63. The van der Waals surface area contributed by atoms with E-state index in [2.05, 4.69) is 10.6 Å². The molecule has 1 aliphatic heterocycles. The first-order valence-electron chi connectivity index (χ1n) is 9.79. The summed E-state index contributed by atoms with van der Waals surface area (Å²) in [5.74, 6) is -0.330. The summed E-state index contributed by atoms with van der Waals surface area (Å²) in [4.78, 5) is 26.5. The second-order valence-electron chi connectivity index (χ2n) is 7.49. The van der Waals surface area contributed by atoms with E-state index in [4.69, 9.17) is 0 Å². The van der Waals surface area contributed by atoms with Gasteiger partial charge < -0.3 is 20.6 Å². The number of amides is 2. The van der Waals surface area contributed by atoms with Crippen LogP contribution in [0.4, 0.5) is 11.4 Å². The Kier molecular flexibility index (Phi) is 4.94. The smallest absolute Gasteiger partial charge is 0.259 e. The summed E-state index contributed by atoms with van der Waals surface area (Å²) in [6.07, 6.45) is 5.02. The van der Waals surface area contributed by atoms with Crippen LogP contribution in [0.3, 0.4) is 0 Å². The van der Waals surface area contributed by atoms with Gasteiger partial charge in [0.15, 0.2) is 0 Å². The number of phenolic OH excluding ortho intramolecular Hbond substituents is 1. The largest absolute Gasteiger partial charge is 0.507 e. The molecule has 2 amide bonds. The molecule has 3 N–H and O–H groups in total. The number of aryl methyl sites for hydroxylation is 2. The zero-order chi connectivity index (χ0) is 19.7. The predicted molar refractivity (Wildman–Crippen MR) is 109 cm³/mol. The molecule has 146 valence electrons. The van der Waals surface area contributed by atoms with E-state index in [1.54, 1.807) is 13.1 Å². The minimum atomic E-state index is -0.318. The van der Waals surface area contributed by atoms with E-state index in [-0.39, 0.29) is 17.6 Å². The fourth-order valence-electron chi connectivity index (χ4n) is 4.09. The molecule has 0 atom stereocenters. The molecule has 0 unspecified atom stereocenters. The summed E-state index contributed by atoms with van der Waals surface area (Å²) in [5.41, 5.74) is 5.39. The van der Waals surface area contributed by atoms with Gasteiger partial charge in [-0.2, -0.15) is 0 Å². The number of carbonyl (C=O) groups is 2. The number of fused-ring (bicyclic) bond motifs is 2. The van der Waals surface area contributed by atoms with Crippen LogP contribution in [0.5, 0.6) is 5.75 Å². The maximum absolute atomic E-state index is 12.8. The van der Waals surface area contributed by atoms with E-state index < -0.39 is 0 Å². The normalized spacial score (nSPS) is 15.0. The number of anilines is 2. The fourth-order valence-corrected chi connectivity index (χ4v) is 4.09. The monoisotopic (exact) mass is 379 g/mol.